The van der Waals surface area contributed by atoms with Crippen LogP contribution in [0.5, 0.6) is 5.75 Å². The van der Waals surface area contributed by atoms with Crippen LogP contribution in [0.15, 0.2) is 46.9 Å². The van der Waals surface area contributed by atoms with Gasteiger partial charge in [0.15, 0.2) is 0 Å². The van der Waals surface area contributed by atoms with E-state index in [1.54, 1.807) is 0 Å². The van der Waals surface area contributed by atoms with E-state index in [0.717, 1.165) is 27.8 Å². The van der Waals surface area contributed by atoms with Crippen LogP contribution in [-0.4, -0.2) is 11.7 Å². The van der Waals surface area contributed by atoms with Crippen molar-refractivity contribution in [2.75, 3.05) is 6.61 Å². The zero-order chi connectivity index (χ0) is 14.5. The third-order valence-electron chi connectivity index (χ3n) is 3.28. The minimum atomic E-state index is -0.633. The molecule has 0 radical (unpaired) electrons. The first-order valence-electron chi connectivity index (χ1n) is 6.84. The lowest BCUT2D eigenvalue weighted by Gasteiger charge is -2.15. The van der Waals surface area contributed by atoms with Crippen LogP contribution in [0.2, 0.25) is 0 Å². The summed E-state index contributed by atoms with van der Waals surface area (Å²) in [5.41, 5.74) is 3.01. The molecule has 2 aromatic carbocycles. The maximum absolute atomic E-state index is 10.5. The average molecular weight is 335 g/mol. The Labute approximate surface area is 128 Å². The van der Waals surface area contributed by atoms with Crippen molar-refractivity contribution in [2.45, 2.75) is 26.4 Å². The number of hydrogen-bond acceptors (Lipinski definition) is 2. The summed E-state index contributed by atoms with van der Waals surface area (Å²) in [7, 11) is 0. The van der Waals surface area contributed by atoms with E-state index in [-0.39, 0.29) is 0 Å². The summed E-state index contributed by atoms with van der Waals surface area (Å²) >= 11 is 3.50. The van der Waals surface area contributed by atoms with E-state index in [1.807, 2.05) is 37.3 Å². The van der Waals surface area contributed by atoms with Gasteiger partial charge < -0.3 is 9.84 Å². The molecule has 0 spiro atoms. The van der Waals surface area contributed by atoms with E-state index >= 15 is 0 Å². The van der Waals surface area contributed by atoms with Crippen LogP contribution in [-0.2, 0) is 6.42 Å². The number of aliphatic hydroxyl groups excluding tert-OH is 1. The fourth-order valence-electron chi connectivity index (χ4n) is 2.10. The monoisotopic (exact) mass is 334 g/mol. The molecule has 1 N–H and O–H groups in total. The topological polar surface area (TPSA) is 29.5 Å². The number of benzene rings is 2. The molecule has 0 aliphatic carbocycles. The second-order valence-electron chi connectivity index (χ2n) is 4.61. The molecule has 0 heterocycles. The van der Waals surface area contributed by atoms with Crippen molar-refractivity contribution < 1.29 is 9.84 Å². The maximum Gasteiger partial charge on any atom is 0.120 e. The lowest BCUT2D eigenvalue weighted by molar-refractivity contribution is 0.219. The zero-order valence-electron chi connectivity index (χ0n) is 11.8. The van der Waals surface area contributed by atoms with Crippen molar-refractivity contribution in [1.29, 1.82) is 0 Å². The van der Waals surface area contributed by atoms with Crippen LogP contribution < -0.4 is 4.74 Å². The van der Waals surface area contributed by atoms with Crippen molar-refractivity contribution in [2.24, 2.45) is 0 Å². The van der Waals surface area contributed by atoms with Crippen molar-refractivity contribution in [3.8, 4) is 5.75 Å². The van der Waals surface area contributed by atoms with Crippen molar-refractivity contribution >= 4 is 15.9 Å². The summed E-state index contributed by atoms with van der Waals surface area (Å²) < 4.78 is 6.30. The normalized spacial score (nSPS) is 12.2. The van der Waals surface area contributed by atoms with Gasteiger partial charge in [-0.15, -0.1) is 0 Å². The Kier molecular flexibility index (Phi) is 5.21. The Morgan fingerprint density at radius 3 is 2.35 bits per heavy atom. The fraction of sp³-hybridized carbons (Fsp3) is 0.294. The molecule has 0 saturated carbocycles. The number of hydrogen-bond donors (Lipinski definition) is 1. The Morgan fingerprint density at radius 2 is 1.80 bits per heavy atom. The van der Waals surface area contributed by atoms with Crippen molar-refractivity contribution in [1.82, 2.24) is 0 Å². The van der Waals surface area contributed by atoms with Gasteiger partial charge in [0, 0.05) is 4.47 Å². The molecular weight excluding hydrogens is 316 g/mol. The summed E-state index contributed by atoms with van der Waals surface area (Å²) in [5, 5.41) is 10.5. The first-order valence-corrected chi connectivity index (χ1v) is 7.64. The predicted molar refractivity (Wildman–Crippen MR) is 85.2 cm³/mol. The quantitative estimate of drug-likeness (QED) is 0.872. The Morgan fingerprint density at radius 1 is 1.10 bits per heavy atom. The molecule has 3 heteroatoms. The summed E-state index contributed by atoms with van der Waals surface area (Å²) in [6.45, 7) is 4.70. The van der Waals surface area contributed by atoms with Gasteiger partial charge in [-0.1, -0.05) is 53.2 Å². The summed E-state index contributed by atoms with van der Waals surface area (Å²) in [6, 6.07) is 13.7. The summed E-state index contributed by atoms with van der Waals surface area (Å²) in [4.78, 5) is 0. The van der Waals surface area contributed by atoms with E-state index < -0.39 is 6.10 Å². The molecule has 0 amide bonds. The van der Waals surface area contributed by atoms with Gasteiger partial charge in [-0.05, 0) is 42.2 Å². The smallest absolute Gasteiger partial charge is 0.120 e. The molecule has 0 bridgehead atoms. The summed E-state index contributed by atoms with van der Waals surface area (Å²) in [6.07, 6.45) is 0.370. The van der Waals surface area contributed by atoms with Crippen molar-refractivity contribution in [3.05, 3.63) is 63.6 Å². The molecular formula is C17H19BrO2. The van der Waals surface area contributed by atoms with E-state index in [0.29, 0.717) is 6.61 Å². The molecule has 0 saturated heterocycles. The first kappa shape index (κ1) is 15.1. The molecule has 0 aromatic heterocycles. The molecule has 1 unspecified atom stereocenters. The molecule has 0 aliphatic rings. The van der Waals surface area contributed by atoms with Crippen LogP contribution in [0.1, 0.15) is 36.6 Å². The fourth-order valence-corrected chi connectivity index (χ4v) is 2.68. The van der Waals surface area contributed by atoms with Gasteiger partial charge in [-0.2, -0.15) is 0 Å². The van der Waals surface area contributed by atoms with E-state index in [4.69, 9.17) is 4.74 Å². The van der Waals surface area contributed by atoms with Gasteiger partial charge in [-0.25, -0.2) is 0 Å². The predicted octanol–water partition coefficient (Wildman–Crippen LogP) is 4.49. The van der Waals surface area contributed by atoms with Crippen LogP contribution in [0, 0.1) is 0 Å². The highest BCUT2D eigenvalue weighted by Gasteiger charge is 2.14. The number of aryl methyl sites for hydroxylation is 1. The lowest BCUT2D eigenvalue weighted by Crippen LogP contribution is -2.01. The zero-order valence-corrected chi connectivity index (χ0v) is 13.4. The number of rotatable bonds is 5. The number of halogens is 1. The molecule has 20 heavy (non-hydrogen) atoms. The molecule has 0 fully saturated rings. The first-order chi connectivity index (χ1) is 9.65. The highest BCUT2D eigenvalue weighted by atomic mass is 79.9. The van der Waals surface area contributed by atoms with Gasteiger partial charge in [0.25, 0.3) is 0 Å². The molecule has 106 valence electrons. The maximum atomic E-state index is 10.5. The van der Waals surface area contributed by atoms with Gasteiger partial charge >= 0.3 is 0 Å². The molecule has 1 atom stereocenters. The van der Waals surface area contributed by atoms with Crippen LogP contribution >= 0.6 is 15.9 Å². The van der Waals surface area contributed by atoms with Crippen LogP contribution in [0.3, 0.4) is 0 Å². The van der Waals surface area contributed by atoms with Gasteiger partial charge in [0.05, 0.1) is 6.61 Å². The third-order valence-corrected chi connectivity index (χ3v) is 3.97. The van der Waals surface area contributed by atoms with Gasteiger partial charge in [-0.3, -0.25) is 0 Å². The summed E-state index contributed by atoms with van der Waals surface area (Å²) in [5.74, 6) is 0.802. The van der Waals surface area contributed by atoms with Crippen LogP contribution in [0.4, 0.5) is 0 Å². The highest BCUT2D eigenvalue weighted by molar-refractivity contribution is 9.10. The number of ether oxygens (including phenoxy) is 1. The van der Waals surface area contributed by atoms with E-state index in [9.17, 15) is 5.11 Å². The highest BCUT2D eigenvalue weighted by Crippen LogP contribution is 2.31. The number of aliphatic hydroxyl groups is 1. The Bertz CT molecular complexity index is 564. The largest absolute Gasteiger partial charge is 0.494 e. The van der Waals surface area contributed by atoms with Crippen molar-refractivity contribution in [3.63, 3.8) is 0 Å². The SMILES string of the molecule is CCOc1ccc(C(O)c2ccc(CC)cc2)c(Br)c1. The van der Waals surface area contributed by atoms with Gasteiger partial charge in [0.1, 0.15) is 11.9 Å². The Balaban J connectivity index is 2.25. The molecule has 2 aromatic rings. The average Bonchev–Trinajstić information content (AvgIpc) is 2.47. The Hall–Kier alpha value is -1.32. The standard InChI is InChI=1S/C17H19BrO2/c1-3-12-5-7-13(8-6-12)17(19)15-10-9-14(20-4-2)11-16(15)18/h5-11,17,19H,3-4H2,1-2H3. The minimum absolute atomic E-state index is 0.632. The minimum Gasteiger partial charge on any atom is -0.494 e. The molecule has 2 rings (SSSR count). The van der Waals surface area contributed by atoms with E-state index in [1.165, 1.54) is 5.56 Å². The second kappa shape index (κ2) is 6.91. The second-order valence-corrected chi connectivity index (χ2v) is 5.47. The molecule has 0 aliphatic heterocycles. The lowest BCUT2D eigenvalue weighted by atomic mass is 10.00. The molecule has 2 nitrogen and oxygen atoms in total. The van der Waals surface area contributed by atoms with E-state index in [2.05, 4.69) is 35.0 Å². The third kappa shape index (κ3) is 3.41. The van der Waals surface area contributed by atoms with Gasteiger partial charge in [0.2, 0.25) is 0 Å². The van der Waals surface area contributed by atoms with Crippen LogP contribution in [0.25, 0.3) is 0 Å².